The number of anilines is 1. The number of nitrogens with zero attached hydrogens (tertiary/aromatic N) is 2. The number of halogens is 2. The van der Waals surface area contributed by atoms with Crippen LogP contribution in [-0.4, -0.2) is 82.0 Å². The highest BCUT2D eigenvalue weighted by atomic mass is 79.9. The average molecular weight is 757 g/mol. The molecule has 3 heterocycles. The number of hydrogen-bond donors (Lipinski definition) is 2. The smallest absolute Gasteiger partial charge is 0.313 e. The number of esters is 1. The summed E-state index contributed by atoms with van der Waals surface area (Å²) in [7, 11) is 0. The van der Waals surface area contributed by atoms with Crippen LogP contribution in [0.25, 0.3) is 0 Å². The van der Waals surface area contributed by atoms with Gasteiger partial charge in [0.25, 0.3) is 5.91 Å². The summed E-state index contributed by atoms with van der Waals surface area (Å²) in [5.41, 5.74) is -0.164. The van der Waals surface area contributed by atoms with Gasteiger partial charge < -0.3 is 29.7 Å². The van der Waals surface area contributed by atoms with E-state index < -0.39 is 66.1 Å². The van der Waals surface area contributed by atoms with Gasteiger partial charge in [-0.2, -0.15) is 0 Å². The molecule has 5 rings (SSSR count). The summed E-state index contributed by atoms with van der Waals surface area (Å²) in [6.45, 7) is 11.0. The number of allylic oxidation sites excluding steroid dienone is 1. The van der Waals surface area contributed by atoms with Crippen molar-refractivity contribution in [2.75, 3.05) is 24.6 Å². The number of alkyl halides is 1. The molecule has 262 valence electrons. The number of fused-ring (bicyclic) bond motifs is 1. The molecule has 3 saturated heterocycles. The summed E-state index contributed by atoms with van der Waals surface area (Å²) >= 11 is 9.86. The lowest BCUT2D eigenvalue weighted by molar-refractivity contribution is -0.161. The summed E-state index contributed by atoms with van der Waals surface area (Å²) in [4.78, 5) is 58.9. The van der Waals surface area contributed by atoms with Crippen LogP contribution in [0.3, 0.4) is 0 Å². The summed E-state index contributed by atoms with van der Waals surface area (Å²) in [5.74, 6) is -4.07. The van der Waals surface area contributed by atoms with Crippen molar-refractivity contribution >= 4 is 56.9 Å². The van der Waals surface area contributed by atoms with E-state index in [2.05, 4.69) is 34.4 Å². The first-order chi connectivity index (χ1) is 23.5. The SMILES string of the molecule is C=CCCC(=O)NC[C@@H](OC(=O)[C@H]1[C@@H]2O[C@@]3(CC2Br)[C@@H]1C(=O)N([C@@H](CO)C(C)C)[C@@H]3C(=O)N(CC=C)c1ccc(Cl)cc1)c1ccccc1. The zero-order chi connectivity index (χ0) is 35.5. The Morgan fingerprint density at radius 1 is 1.16 bits per heavy atom. The fraction of sp³-hybridized carbons (Fsp3) is 0.459. The van der Waals surface area contributed by atoms with E-state index in [9.17, 15) is 24.3 Å². The second-order valence-corrected chi connectivity index (χ2v) is 14.7. The van der Waals surface area contributed by atoms with E-state index in [1.807, 2.05) is 32.0 Å². The second-order valence-electron chi connectivity index (χ2n) is 13.1. The number of carbonyl (C=O) groups excluding carboxylic acids is 4. The van der Waals surface area contributed by atoms with Crippen LogP contribution in [0.4, 0.5) is 5.69 Å². The second kappa shape index (κ2) is 15.6. The van der Waals surface area contributed by atoms with E-state index in [1.54, 1.807) is 48.6 Å². The van der Waals surface area contributed by atoms with Gasteiger partial charge in [-0.15, -0.1) is 13.2 Å². The molecule has 0 saturated carbocycles. The van der Waals surface area contributed by atoms with Crippen LogP contribution < -0.4 is 10.2 Å². The number of likely N-dealkylation sites (tertiary alicyclic amines) is 1. The number of aliphatic hydroxyl groups is 1. The Kier molecular flexibility index (Phi) is 11.7. The average Bonchev–Trinajstić information content (AvgIpc) is 3.68. The molecule has 3 fully saturated rings. The third kappa shape index (κ3) is 7.08. The quantitative estimate of drug-likeness (QED) is 0.149. The summed E-state index contributed by atoms with van der Waals surface area (Å²) in [5, 5.41) is 13.9. The molecule has 2 bridgehead atoms. The van der Waals surface area contributed by atoms with Crippen molar-refractivity contribution < 1.29 is 33.8 Å². The number of aliphatic hydroxyl groups excluding tert-OH is 1. The van der Waals surface area contributed by atoms with Gasteiger partial charge in [0.05, 0.1) is 37.1 Å². The minimum atomic E-state index is -1.38. The van der Waals surface area contributed by atoms with Crippen molar-refractivity contribution in [3.63, 3.8) is 0 Å². The summed E-state index contributed by atoms with van der Waals surface area (Å²) in [6.07, 6.45) is 2.68. The molecule has 2 N–H and O–H groups in total. The lowest BCUT2D eigenvalue weighted by Crippen LogP contribution is -2.60. The van der Waals surface area contributed by atoms with Crippen molar-refractivity contribution in [1.82, 2.24) is 10.2 Å². The lowest BCUT2D eigenvalue weighted by atomic mass is 9.70. The number of benzene rings is 2. The normalized spacial score (nSPS) is 26.6. The molecule has 0 aliphatic carbocycles. The Morgan fingerprint density at radius 3 is 2.47 bits per heavy atom. The van der Waals surface area contributed by atoms with Gasteiger partial charge in [-0.1, -0.05) is 83.9 Å². The van der Waals surface area contributed by atoms with Gasteiger partial charge in [-0.3, -0.25) is 19.2 Å². The zero-order valence-corrected chi connectivity index (χ0v) is 30.0. The van der Waals surface area contributed by atoms with Crippen molar-refractivity contribution in [2.45, 2.75) is 67.8 Å². The van der Waals surface area contributed by atoms with E-state index in [0.717, 1.165) is 0 Å². The standard InChI is InChI=1S/C37H43BrClN3O7/c1-5-7-13-29(44)40-20-28(23-11-9-8-10-12-23)48-36(47)30-31-34(45)42(27(21-43)22(3)4)33(37(31)19-26(38)32(30)49-37)35(46)41(18-6-2)25-16-14-24(39)15-17-25/h5-6,8-12,14-17,22,26-28,30-33,43H,1-2,7,13,18-21H2,3-4H3,(H,40,44)/t26?,27-,28+,30+,31-,32+,33+,37-/m0/s1. The molecule has 3 amide bonds. The zero-order valence-electron chi connectivity index (χ0n) is 27.7. The largest absolute Gasteiger partial charge is 0.455 e. The van der Waals surface area contributed by atoms with Crippen LogP contribution >= 0.6 is 27.5 Å². The highest BCUT2D eigenvalue weighted by Crippen LogP contribution is 2.61. The molecule has 3 aliphatic heterocycles. The molecule has 1 spiro atoms. The highest BCUT2D eigenvalue weighted by molar-refractivity contribution is 9.09. The lowest BCUT2D eigenvalue weighted by Gasteiger charge is -2.40. The number of rotatable bonds is 15. The molecule has 49 heavy (non-hydrogen) atoms. The van der Waals surface area contributed by atoms with Crippen LogP contribution in [0.2, 0.25) is 5.02 Å². The van der Waals surface area contributed by atoms with Crippen LogP contribution in [0.15, 0.2) is 79.9 Å². The van der Waals surface area contributed by atoms with E-state index >= 15 is 0 Å². The number of ether oxygens (including phenoxy) is 2. The Balaban J connectivity index is 1.52. The first-order valence-electron chi connectivity index (χ1n) is 16.5. The Labute approximate surface area is 300 Å². The molecule has 8 atom stereocenters. The molecule has 2 aromatic rings. The van der Waals surface area contributed by atoms with E-state index in [0.29, 0.717) is 22.7 Å². The maximum absolute atomic E-state index is 14.8. The van der Waals surface area contributed by atoms with Gasteiger partial charge in [0, 0.05) is 28.5 Å². The number of carbonyl (C=O) groups is 4. The molecule has 2 aromatic carbocycles. The first-order valence-corrected chi connectivity index (χ1v) is 17.8. The molecule has 3 aliphatic rings. The van der Waals surface area contributed by atoms with Crippen molar-refractivity contribution in [3.05, 3.63) is 90.5 Å². The van der Waals surface area contributed by atoms with Crippen LogP contribution in [-0.2, 0) is 28.7 Å². The number of amides is 3. The summed E-state index contributed by atoms with van der Waals surface area (Å²) < 4.78 is 12.8. The Morgan fingerprint density at radius 2 is 1.86 bits per heavy atom. The molecule has 0 radical (unpaired) electrons. The molecule has 12 heteroatoms. The number of hydrogen-bond acceptors (Lipinski definition) is 7. The van der Waals surface area contributed by atoms with Crippen molar-refractivity contribution in [3.8, 4) is 0 Å². The van der Waals surface area contributed by atoms with Gasteiger partial charge in [-0.05, 0) is 48.6 Å². The van der Waals surface area contributed by atoms with Crippen molar-refractivity contribution in [2.24, 2.45) is 17.8 Å². The first kappa shape index (κ1) is 36.8. The van der Waals surface area contributed by atoms with Gasteiger partial charge in [-0.25, -0.2) is 0 Å². The maximum Gasteiger partial charge on any atom is 0.313 e. The third-order valence-electron chi connectivity index (χ3n) is 9.75. The molecular formula is C37H43BrClN3O7. The fourth-order valence-electron chi connectivity index (χ4n) is 7.46. The van der Waals surface area contributed by atoms with Crippen LogP contribution in [0.5, 0.6) is 0 Å². The Bertz CT molecular complexity index is 1560. The van der Waals surface area contributed by atoms with Gasteiger partial charge in [0.1, 0.15) is 17.7 Å². The van der Waals surface area contributed by atoms with E-state index in [-0.39, 0.29) is 42.6 Å². The van der Waals surface area contributed by atoms with Gasteiger partial charge in [0.15, 0.2) is 0 Å². The monoisotopic (exact) mass is 755 g/mol. The molecule has 1 unspecified atom stereocenters. The Hall–Kier alpha value is -3.51. The number of nitrogens with one attached hydrogen (secondary N) is 1. The predicted molar refractivity (Wildman–Crippen MR) is 190 cm³/mol. The fourth-order valence-corrected chi connectivity index (χ4v) is 8.52. The topological polar surface area (TPSA) is 125 Å². The highest BCUT2D eigenvalue weighted by Gasteiger charge is 2.77. The van der Waals surface area contributed by atoms with Crippen molar-refractivity contribution in [1.29, 1.82) is 0 Å². The third-order valence-corrected chi connectivity index (χ3v) is 10.8. The maximum atomic E-state index is 14.8. The molecular weight excluding hydrogens is 714 g/mol. The molecule has 10 nitrogen and oxygen atoms in total. The van der Waals surface area contributed by atoms with E-state index in [4.69, 9.17) is 21.1 Å². The summed E-state index contributed by atoms with van der Waals surface area (Å²) in [6, 6.07) is 14.0. The van der Waals surface area contributed by atoms with Crippen LogP contribution in [0, 0.1) is 17.8 Å². The predicted octanol–water partition coefficient (Wildman–Crippen LogP) is 4.99. The minimum Gasteiger partial charge on any atom is -0.455 e. The van der Waals surface area contributed by atoms with Gasteiger partial charge >= 0.3 is 5.97 Å². The van der Waals surface area contributed by atoms with Crippen LogP contribution in [0.1, 0.15) is 44.8 Å². The van der Waals surface area contributed by atoms with Gasteiger partial charge in [0.2, 0.25) is 11.8 Å². The minimum absolute atomic E-state index is 0.0241. The molecule has 0 aromatic heterocycles. The van der Waals surface area contributed by atoms with E-state index in [1.165, 1.54) is 9.80 Å².